The van der Waals surface area contributed by atoms with Crippen molar-refractivity contribution in [3.8, 4) is 22.6 Å². The molecule has 4 nitrogen and oxygen atoms in total. The number of hydrogen-bond donors (Lipinski definition) is 0. The molecule has 8 aromatic carbocycles. The first kappa shape index (κ1) is 38.1. The molecular formula is C65H47N3O. The number of nitrogens with zero attached hydrogens (tertiary/aromatic N) is 3. The summed E-state index contributed by atoms with van der Waals surface area (Å²) in [4.78, 5) is 6.31. The maximum Gasteiger partial charge on any atom is 0.123 e. The molecule has 69 heavy (non-hydrogen) atoms. The quantitative estimate of drug-likeness (QED) is 0.173. The largest absolute Gasteiger partial charge is 0.489 e. The minimum atomic E-state index is -0.180. The zero-order valence-electron chi connectivity index (χ0n) is 38.1. The Morgan fingerprint density at radius 2 is 1.32 bits per heavy atom. The van der Waals surface area contributed by atoms with Crippen LogP contribution in [0.3, 0.4) is 0 Å². The third-order valence-electron chi connectivity index (χ3n) is 16.6. The van der Waals surface area contributed by atoms with Crippen LogP contribution in [0.15, 0.2) is 210 Å². The van der Waals surface area contributed by atoms with E-state index in [2.05, 4.69) is 203 Å². The predicted octanol–water partition coefficient (Wildman–Crippen LogP) is 15.7. The third kappa shape index (κ3) is 5.43. The molecule has 16 rings (SSSR count). The van der Waals surface area contributed by atoms with Crippen LogP contribution >= 0.6 is 0 Å². The van der Waals surface area contributed by atoms with Gasteiger partial charge in [-0.15, -0.1) is 0 Å². The number of allylic oxidation sites excluding steroid dienone is 3. The molecule has 2 bridgehead atoms. The van der Waals surface area contributed by atoms with Gasteiger partial charge in [0.25, 0.3) is 0 Å². The van der Waals surface area contributed by atoms with Crippen molar-refractivity contribution in [2.45, 2.75) is 56.1 Å². The number of fused-ring (bicyclic) bond motifs is 17. The number of benzene rings is 8. The fraction of sp³-hybridized carbons (Fsp3) is 0.154. The molecule has 4 heteroatoms. The molecule has 6 aliphatic rings. The minimum absolute atomic E-state index is 0.0150. The average Bonchev–Trinajstić information content (AvgIpc) is 3.89. The Balaban J connectivity index is 1.00. The molecule has 0 amide bonds. The van der Waals surface area contributed by atoms with Gasteiger partial charge in [-0.25, -0.2) is 0 Å². The number of hydrogen-bond acceptors (Lipinski definition) is 2. The fourth-order valence-corrected chi connectivity index (χ4v) is 13.7. The van der Waals surface area contributed by atoms with Gasteiger partial charge in [-0.05, 0) is 119 Å². The predicted molar refractivity (Wildman–Crippen MR) is 283 cm³/mol. The van der Waals surface area contributed by atoms with E-state index in [-0.39, 0.29) is 29.9 Å². The lowest BCUT2D eigenvalue weighted by Crippen LogP contribution is -2.30. The first-order chi connectivity index (χ1) is 34.2. The van der Waals surface area contributed by atoms with Crippen LogP contribution in [0.25, 0.3) is 72.1 Å². The molecule has 3 aliphatic heterocycles. The summed E-state index contributed by atoms with van der Waals surface area (Å²) in [6.07, 6.45) is 9.79. The van der Waals surface area contributed by atoms with E-state index in [0.717, 1.165) is 37.9 Å². The molecular weight excluding hydrogens is 839 g/mol. The number of para-hydroxylation sites is 2. The van der Waals surface area contributed by atoms with Gasteiger partial charge in [-0.2, -0.15) is 0 Å². The molecule has 0 spiro atoms. The van der Waals surface area contributed by atoms with E-state index >= 15 is 0 Å². The lowest BCUT2D eigenvalue weighted by molar-refractivity contribution is 0.201. The highest BCUT2D eigenvalue weighted by Crippen LogP contribution is 2.63. The second-order valence-corrected chi connectivity index (χ2v) is 20.2. The average molecular weight is 886 g/mol. The van der Waals surface area contributed by atoms with E-state index < -0.39 is 0 Å². The van der Waals surface area contributed by atoms with Gasteiger partial charge in [-0.3, -0.25) is 4.99 Å². The molecule has 328 valence electrons. The number of rotatable bonds is 4. The molecule has 1 saturated carbocycles. The Kier molecular flexibility index (Phi) is 7.88. The first-order valence-electron chi connectivity index (χ1n) is 25.0. The van der Waals surface area contributed by atoms with E-state index in [4.69, 9.17) is 9.73 Å². The smallest absolute Gasteiger partial charge is 0.123 e. The molecule has 5 heterocycles. The molecule has 3 aliphatic carbocycles. The van der Waals surface area contributed by atoms with Crippen LogP contribution in [-0.2, 0) is 6.42 Å². The second kappa shape index (κ2) is 14.3. The van der Waals surface area contributed by atoms with Crippen LogP contribution < -0.4 is 4.74 Å². The highest BCUT2D eigenvalue weighted by molar-refractivity contribution is 6.18. The van der Waals surface area contributed by atoms with Crippen molar-refractivity contribution in [3.63, 3.8) is 0 Å². The zero-order valence-corrected chi connectivity index (χ0v) is 38.1. The molecule has 0 radical (unpaired) electrons. The zero-order chi connectivity index (χ0) is 44.9. The highest BCUT2D eigenvalue weighted by atomic mass is 16.5. The number of aliphatic imine (C=N–C) groups is 1. The summed E-state index contributed by atoms with van der Waals surface area (Å²) in [7, 11) is 0. The summed E-state index contributed by atoms with van der Waals surface area (Å²) in [5.74, 6) is 1.33. The number of ether oxygens (including phenoxy) is 1. The van der Waals surface area contributed by atoms with Gasteiger partial charge in [0.15, 0.2) is 0 Å². The summed E-state index contributed by atoms with van der Waals surface area (Å²) < 4.78 is 12.3. The van der Waals surface area contributed by atoms with Crippen LogP contribution in [-0.4, -0.2) is 20.9 Å². The Morgan fingerprint density at radius 1 is 0.565 bits per heavy atom. The number of aromatic nitrogens is 2. The Hall–Kier alpha value is -7.95. The Bertz CT molecular complexity index is 3970. The summed E-state index contributed by atoms with van der Waals surface area (Å²) in [6.45, 7) is 0. The van der Waals surface area contributed by atoms with Crippen LogP contribution in [0.1, 0.15) is 77.1 Å². The van der Waals surface area contributed by atoms with Crippen molar-refractivity contribution in [2.24, 2.45) is 10.9 Å². The van der Waals surface area contributed by atoms with Crippen molar-refractivity contribution in [2.75, 3.05) is 0 Å². The van der Waals surface area contributed by atoms with Crippen molar-refractivity contribution in [1.29, 1.82) is 0 Å². The Labute approximate surface area is 400 Å². The van der Waals surface area contributed by atoms with Gasteiger partial charge in [0.1, 0.15) is 11.9 Å². The van der Waals surface area contributed by atoms with Crippen molar-refractivity contribution >= 4 is 61.0 Å². The van der Waals surface area contributed by atoms with Crippen molar-refractivity contribution in [3.05, 3.63) is 238 Å². The van der Waals surface area contributed by atoms with E-state index in [1.54, 1.807) is 5.57 Å². The van der Waals surface area contributed by atoms with Crippen LogP contribution in [0, 0.1) is 5.92 Å². The maximum atomic E-state index is 7.04. The normalized spacial score (nSPS) is 21.8. The minimum Gasteiger partial charge on any atom is -0.489 e. The third-order valence-corrected chi connectivity index (χ3v) is 16.6. The lowest BCUT2D eigenvalue weighted by atomic mass is 9.69. The van der Waals surface area contributed by atoms with Gasteiger partial charge in [-0.1, -0.05) is 157 Å². The van der Waals surface area contributed by atoms with Gasteiger partial charge in [0.2, 0.25) is 0 Å². The van der Waals surface area contributed by atoms with Crippen molar-refractivity contribution < 1.29 is 4.74 Å². The van der Waals surface area contributed by atoms with Gasteiger partial charge in [0.05, 0.1) is 34.2 Å². The van der Waals surface area contributed by atoms with Gasteiger partial charge >= 0.3 is 0 Å². The van der Waals surface area contributed by atoms with Crippen molar-refractivity contribution in [1.82, 2.24) is 9.13 Å². The van der Waals surface area contributed by atoms with Crippen LogP contribution in [0.5, 0.6) is 5.75 Å². The molecule has 10 aromatic rings. The standard InChI is InChI=1S/C65H47N3O/c1-3-14-38(15-4-1)39-26-28-40(29-27-39)64-59-43-30-31-45-49-34-41-16-7-8-17-42(41)35-56(49)68(55(45)36-43)54-32-33-58-61(47-21-10-12-25-57(47)69-58)63(54)62(59)50-37-51(50)65(66-64)48-22-13-24-53-60(48)46-20-9-11-23-52(46)67(53)44-18-5-2-6-19-44/h1-10,12-22,24-31,34-36,51,58-59,61,64H,11,23,32-33,37H2/t51?,58-,59+,61?,64?/m1/s1. The monoisotopic (exact) mass is 885 g/mol. The molecule has 2 aromatic heterocycles. The van der Waals surface area contributed by atoms with E-state index in [1.807, 2.05) is 0 Å². The van der Waals surface area contributed by atoms with Gasteiger partial charge in [0, 0.05) is 61.8 Å². The second-order valence-electron chi connectivity index (χ2n) is 20.2. The highest BCUT2D eigenvalue weighted by Gasteiger charge is 2.52. The van der Waals surface area contributed by atoms with E-state index in [1.165, 1.54) is 116 Å². The van der Waals surface area contributed by atoms with Crippen LogP contribution in [0.4, 0.5) is 0 Å². The molecule has 5 atom stereocenters. The molecule has 3 unspecified atom stereocenters. The van der Waals surface area contributed by atoms with Crippen LogP contribution in [0.2, 0.25) is 0 Å². The lowest BCUT2D eigenvalue weighted by Gasteiger charge is -2.38. The Morgan fingerprint density at radius 3 is 2.19 bits per heavy atom. The maximum absolute atomic E-state index is 7.04. The summed E-state index contributed by atoms with van der Waals surface area (Å²) in [6, 6.07) is 68.2. The molecule has 0 saturated heterocycles. The van der Waals surface area contributed by atoms with Gasteiger partial charge < -0.3 is 13.9 Å². The topological polar surface area (TPSA) is 31.4 Å². The SMILES string of the molecule is C1=Cc2c(n(-c3ccccc3)c3cccc(C4=NC(c5ccc(-c6ccccc6)cc5)[C@@H]5C(=C6CC46)C4=C(CC[C@H]6Oc7ccccc7C46)n4c6cc5ccc6c5cc6ccccc6cc54)c23)CC1. The summed E-state index contributed by atoms with van der Waals surface area (Å²) in [5.41, 5.74) is 22.6. The summed E-state index contributed by atoms with van der Waals surface area (Å²) in [5, 5.41) is 6.51. The molecule has 0 N–H and O–H groups in total. The molecule has 1 fully saturated rings. The first-order valence-corrected chi connectivity index (χ1v) is 25.0. The van der Waals surface area contributed by atoms with E-state index in [9.17, 15) is 0 Å². The summed E-state index contributed by atoms with van der Waals surface area (Å²) >= 11 is 0. The van der Waals surface area contributed by atoms with E-state index in [0.29, 0.717) is 0 Å². The fourth-order valence-electron chi connectivity index (χ4n) is 13.7.